The van der Waals surface area contributed by atoms with Crippen molar-refractivity contribution >= 4 is 11.6 Å². The summed E-state index contributed by atoms with van der Waals surface area (Å²) in [5.41, 5.74) is 1.45. The van der Waals surface area contributed by atoms with Crippen molar-refractivity contribution in [2.75, 3.05) is 11.9 Å². The lowest BCUT2D eigenvalue weighted by Gasteiger charge is -2.11. The van der Waals surface area contributed by atoms with Crippen LogP contribution in [0.15, 0.2) is 24.3 Å². The molecule has 2 N–H and O–H groups in total. The third-order valence-corrected chi connectivity index (χ3v) is 2.97. The van der Waals surface area contributed by atoms with E-state index in [1.54, 1.807) is 12.1 Å². The minimum atomic E-state index is -0.359. The Morgan fingerprint density at radius 3 is 3.05 bits per heavy atom. The molecule has 1 fully saturated rings. The smallest absolute Gasteiger partial charge is 0.253 e. The molecule has 4 heteroatoms. The standard InChI is InChI=1S/C15H17NO3/c1-11-7-8-14(19-11)15(18)16-13-6-2-4-12(10-13)5-3-9-17/h2,4,6,10-11,14,17H,7-9H2,1H3,(H,16,18). The third-order valence-electron chi connectivity index (χ3n) is 2.97. The highest BCUT2D eigenvalue weighted by Gasteiger charge is 2.28. The molecule has 1 aliphatic heterocycles. The second kappa shape index (κ2) is 6.37. The normalized spacial score (nSPS) is 21.6. The first-order valence-electron chi connectivity index (χ1n) is 6.35. The number of carbonyl (C=O) groups excluding carboxylic acids is 1. The van der Waals surface area contributed by atoms with E-state index in [-0.39, 0.29) is 24.7 Å². The molecule has 0 spiro atoms. The van der Waals surface area contributed by atoms with Gasteiger partial charge in [-0.25, -0.2) is 0 Å². The molecule has 19 heavy (non-hydrogen) atoms. The largest absolute Gasteiger partial charge is 0.384 e. The number of hydrogen-bond donors (Lipinski definition) is 2. The summed E-state index contributed by atoms with van der Waals surface area (Å²) in [6.07, 6.45) is 1.47. The summed E-state index contributed by atoms with van der Waals surface area (Å²) in [6.45, 7) is 1.79. The highest BCUT2D eigenvalue weighted by Crippen LogP contribution is 2.20. The van der Waals surface area contributed by atoms with Crippen LogP contribution in [-0.2, 0) is 9.53 Å². The van der Waals surface area contributed by atoms with Gasteiger partial charge in [0.1, 0.15) is 12.7 Å². The number of aliphatic hydroxyl groups excluding tert-OH is 1. The molecule has 1 aromatic carbocycles. The van der Waals surface area contributed by atoms with E-state index in [1.807, 2.05) is 19.1 Å². The number of anilines is 1. The topological polar surface area (TPSA) is 58.6 Å². The van der Waals surface area contributed by atoms with E-state index in [0.717, 1.165) is 18.4 Å². The monoisotopic (exact) mass is 259 g/mol. The van der Waals surface area contributed by atoms with Crippen LogP contribution in [0.2, 0.25) is 0 Å². The first-order valence-corrected chi connectivity index (χ1v) is 6.35. The van der Waals surface area contributed by atoms with Crippen molar-refractivity contribution < 1.29 is 14.6 Å². The molecule has 1 saturated heterocycles. The first kappa shape index (κ1) is 13.6. The van der Waals surface area contributed by atoms with Crippen LogP contribution in [0.4, 0.5) is 5.69 Å². The highest BCUT2D eigenvalue weighted by atomic mass is 16.5. The molecule has 4 nitrogen and oxygen atoms in total. The summed E-state index contributed by atoms with van der Waals surface area (Å²) >= 11 is 0. The van der Waals surface area contributed by atoms with Crippen molar-refractivity contribution in [3.05, 3.63) is 29.8 Å². The Morgan fingerprint density at radius 2 is 2.37 bits per heavy atom. The van der Waals surface area contributed by atoms with Crippen molar-refractivity contribution in [1.82, 2.24) is 0 Å². The quantitative estimate of drug-likeness (QED) is 0.792. The Balaban J connectivity index is 2.00. The number of amides is 1. The number of hydrogen-bond acceptors (Lipinski definition) is 3. The van der Waals surface area contributed by atoms with Crippen LogP contribution in [0.5, 0.6) is 0 Å². The van der Waals surface area contributed by atoms with Crippen molar-refractivity contribution in [3.63, 3.8) is 0 Å². The second-order valence-electron chi connectivity index (χ2n) is 4.54. The minimum Gasteiger partial charge on any atom is -0.384 e. The van der Waals surface area contributed by atoms with Gasteiger partial charge in [-0.3, -0.25) is 4.79 Å². The van der Waals surface area contributed by atoms with Gasteiger partial charge < -0.3 is 15.2 Å². The van der Waals surface area contributed by atoms with Crippen LogP contribution >= 0.6 is 0 Å². The zero-order valence-electron chi connectivity index (χ0n) is 10.8. The van der Waals surface area contributed by atoms with Gasteiger partial charge in [0.15, 0.2) is 0 Å². The lowest BCUT2D eigenvalue weighted by molar-refractivity contribution is -0.126. The van der Waals surface area contributed by atoms with E-state index >= 15 is 0 Å². The molecule has 0 radical (unpaired) electrons. The number of rotatable bonds is 2. The lowest BCUT2D eigenvalue weighted by atomic mass is 10.1. The van der Waals surface area contributed by atoms with E-state index in [0.29, 0.717) is 5.69 Å². The maximum absolute atomic E-state index is 12.0. The minimum absolute atomic E-state index is 0.114. The van der Waals surface area contributed by atoms with Gasteiger partial charge in [-0.1, -0.05) is 17.9 Å². The van der Waals surface area contributed by atoms with Crippen LogP contribution in [0, 0.1) is 11.8 Å². The molecule has 0 bridgehead atoms. The number of ether oxygens (including phenoxy) is 1. The zero-order valence-corrected chi connectivity index (χ0v) is 10.8. The van der Waals surface area contributed by atoms with E-state index < -0.39 is 0 Å². The SMILES string of the molecule is CC1CCC(C(=O)Nc2cccc(C#CCO)c2)O1. The fourth-order valence-corrected chi connectivity index (χ4v) is 2.03. The second-order valence-corrected chi connectivity index (χ2v) is 4.54. The fraction of sp³-hybridized carbons (Fsp3) is 0.400. The molecule has 2 rings (SSSR count). The number of aliphatic hydroxyl groups is 1. The van der Waals surface area contributed by atoms with Crippen LogP contribution in [0.25, 0.3) is 0 Å². The van der Waals surface area contributed by atoms with Crippen molar-refractivity contribution in [3.8, 4) is 11.8 Å². The third kappa shape index (κ3) is 3.82. The van der Waals surface area contributed by atoms with Gasteiger partial charge in [0.25, 0.3) is 5.91 Å². The number of benzene rings is 1. The molecular formula is C15H17NO3. The summed E-state index contributed by atoms with van der Waals surface area (Å²) in [6, 6.07) is 7.22. The molecule has 0 aliphatic carbocycles. The maximum atomic E-state index is 12.0. The van der Waals surface area contributed by atoms with Crippen LogP contribution in [-0.4, -0.2) is 29.8 Å². The van der Waals surface area contributed by atoms with Gasteiger partial charge in [0.2, 0.25) is 0 Å². The summed E-state index contributed by atoms with van der Waals surface area (Å²) in [5.74, 6) is 5.26. The Kier molecular flexibility index (Phi) is 4.56. The summed E-state index contributed by atoms with van der Waals surface area (Å²) in [5, 5.41) is 11.5. The van der Waals surface area contributed by atoms with Crippen LogP contribution < -0.4 is 5.32 Å². The van der Waals surface area contributed by atoms with E-state index in [2.05, 4.69) is 17.2 Å². The molecule has 1 aromatic rings. The summed E-state index contributed by atoms with van der Waals surface area (Å²) in [7, 11) is 0. The predicted octanol–water partition coefficient (Wildman–Crippen LogP) is 1.54. The molecule has 0 aromatic heterocycles. The Morgan fingerprint density at radius 1 is 1.53 bits per heavy atom. The van der Waals surface area contributed by atoms with Gasteiger partial charge in [0.05, 0.1) is 6.10 Å². The molecular weight excluding hydrogens is 242 g/mol. The summed E-state index contributed by atoms with van der Waals surface area (Å²) in [4.78, 5) is 12.0. The van der Waals surface area contributed by atoms with Crippen LogP contribution in [0.3, 0.4) is 0 Å². The number of carbonyl (C=O) groups is 1. The molecule has 1 amide bonds. The van der Waals surface area contributed by atoms with E-state index in [1.165, 1.54) is 0 Å². The molecule has 1 heterocycles. The lowest BCUT2D eigenvalue weighted by Crippen LogP contribution is -2.27. The van der Waals surface area contributed by atoms with E-state index in [4.69, 9.17) is 9.84 Å². The van der Waals surface area contributed by atoms with Crippen LogP contribution in [0.1, 0.15) is 25.3 Å². The number of nitrogens with one attached hydrogen (secondary N) is 1. The average molecular weight is 259 g/mol. The first-order chi connectivity index (χ1) is 9.19. The fourth-order valence-electron chi connectivity index (χ4n) is 2.03. The van der Waals surface area contributed by atoms with Gasteiger partial charge in [-0.05, 0) is 38.0 Å². The van der Waals surface area contributed by atoms with Gasteiger partial charge in [0, 0.05) is 11.3 Å². The Hall–Kier alpha value is -1.83. The van der Waals surface area contributed by atoms with Crippen molar-refractivity contribution in [2.45, 2.75) is 32.0 Å². The van der Waals surface area contributed by atoms with E-state index in [9.17, 15) is 4.79 Å². The summed E-state index contributed by atoms with van der Waals surface area (Å²) < 4.78 is 5.52. The Labute approximate surface area is 112 Å². The molecule has 1 aliphatic rings. The molecule has 100 valence electrons. The molecule has 2 atom stereocenters. The van der Waals surface area contributed by atoms with Crippen molar-refractivity contribution in [2.24, 2.45) is 0 Å². The maximum Gasteiger partial charge on any atom is 0.253 e. The molecule has 2 unspecified atom stereocenters. The van der Waals surface area contributed by atoms with Gasteiger partial charge >= 0.3 is 0 Å². The average Bonchev–Trinajstić information content (AvgIpc) is 2.83. The van der Waals surface area contributed by atoms with Gasteiger partial charge in [-0.2, -0.15) is 0 Å². The Bertz CT molecular complexity index is 516. The zero-order chi connectivity index (χ0) is 13.7. The van der Waals surface area contributed by atoms with Gasteiger partial charge in [-0.15, -0.1) is 0 Å². The molecule has 0 saturated carbocycles. The highest BCUT2D eigenvalue weighted by molar-refractivity contribution is 5.94. The predicted molar refractivity (Wildman–Crippen MR) is 72.6 cm³/mol. The van der Waals surface area contributed by atoms with Crippen molar-refractivity contribution in [1.29, 1.82) is 0 Å².